The highest BCUT2D eigenvalue weighted by atomic mass is 16.4. The van der Waals surface area contributed by atoms with Crippen molar-refractivity contribution in [1.29, 1.82) is 0 Å². The minimum absolute atomic E-state index is 0.0596. The molecule has 0 unspecified atom stereocenters. The topological polar surface area (TPSA) is 54.4 Å². The van der Waals surface area contributed by atoms with E-state index in [1.165, 1.54) is 0 Å². The Morgan fingerprint density at radius 3 is 2.33 bits per heavy atom. The summed E-state index contributed by atoms with van der Waals surface area (Å²) in [6, 6.07) is 0. The van der Waals surface area contributed by atoms with E-state index in [0.29, 0.717) is 5.57 Å². The lowest BCUT2D eigenvalue weighted by molar-refractivity contribution is -0.147. The average Bonchev–Trinajstić information content (AvgIpc) is 2.02. The number of carbonyl (C=O) groups is 2. The van der Waals surface area contributed by atoms with Gasteiger partial charge in [-0.1, -0.05) is 19.6 Å². The molecule has 0 aromatic rings. The van der Waals surface area contributed by atoms with Crippen LogP contribution in [0.15, 0.2) is 23.8 Å². The Bertz CT molecular complexity index is 248. The van der Waals surface area contributed by atoms with Crippen LogP contribution in [0.2, 0.25) is 0 Å². The lowest BCUT2D eigenvalue weighted by Gasteiger charge is -1.99. The van der Waals surface area contributed by atoms with Gasteiger partial charge in [-0.3, -0.25) is 4.79 Å². The van der Waals surface area contributed by atoms with Crippen LogP contribution in [0.25, 0.3) is 0 Å². The van der Waals surface area contributed by atoms with Gasteiger partial charge in [0, 0.05) is 5.57 Å². The van der Waals surface area contributed by atoms with Gasteiger partial charge >= 0.3 is 5.97 Å². The minimum Gasteiger partial charge on any atom is -0.475 e. The van der Waals surface area contributed by atoms with Crippen molar-refractivity contribution in [2.24, 2.45) is 0 Å². The molecule has 12 heavy (non-hydrogen) atoms. The molecule has 1 N–H and O–H groups in total. The third kappa shape index (κ3) is 2.70. The summed E-state index contributed by atoms with van der Waals surface area (Å²) in [7, 11) is 0. The number of hydrogen-bond acceptors (Lipinski definition) is 2. The number of ketones is 1. The van der Waals surface area contributed by atoms with Crippen LogP contribution in [0.4, 0.5) is 0 Å². The molecule has 3 heteroatoms. The monoisotopic (exact) mass is 168 g/mol. The molecule has 0 radical (unpaired) electrons. The fourth-order valence-electron chi connectivity index (χ4n) is 0.738. The highest BCUT2D eigenvalue weighted by molar-refractivity contribution is 6.40. The first-order chi connectivity index (χ1) is 5.50. The normalized spacial score (nSPS) is 11.0. The average molecular weight is 168 g/mol. The molecular weight excluding hydrogens is 156 g/mol. The molecule has 0 aromatic carbocycles. The Labute approximate surface area is 71.4 Å². The molecule has 0 aromatic heterocycles. The lowest BCUT2D eigenvalue weighted by Crippen LogP contribution is -2.14. The van der Waals surface area contributed by atoms with E-state index in [9.17, 15) is 9.59 Å². The minimum atomic E-state index is -1.45. The summed E-state index contributed by atoms with van der Waals surface area (Å²) in [6.45, 7) is 6.97. The molecule has 0 aliphatic carbocycles. The van der Waals surface area contributed by atoms with Gasteiger partial charge in [0.1, 0.15) is 0 Å². The van der Waals surface area contributed by atoms with Gasteiger partial charge in [-0.2, -0.15) is 0 Å². The van der Waals surface area contributed by atoms with Crippen LogP contribution in [0.3, 0.4) is 0 Å². The highest BCUT2D eigenvalue weighted by Gasteiger charge is 2.15. The zero-order chi connectivity index (χ0) is 9.72. The van der Waals surface area contributed by atoms with Crippen LogP contribution in [0.5, 0.6) is 0 Å². The number of aliphatic carboxylic acids is 1. The molecule has 0 saturated carbocycles. The molecule has 0 heterocycles. The second kappa shape index (κ2) is 4.49. The van der Waals surface area contributed by atoms with E-state index in [0.717, 1.165) is 6.42 Å². The SMILES string of the molecule is C=C(C(=O)C(=O)O)C(C)=CCC. The van der Waals surface area contributed by atoms with Crippen LogP contribution < -0.4 is 0 Å². The third-order valence-corrected chi connectivity index (χ3v) is 1.45. The van der Waals surface area contributed by atoms with Crippen molar-refractivity contribution in [2.45, 2.75) is 20.3 Å². The summed E-state index contributed by atoms with van der Waals surface area (Å²) in [5, 5.41) is 8.33. The maximum atomic E-state index is 10.8. The van der Waals surface area contributed by atoms with Crippen molar-refractivity contribution in [1.82, 2.24) is 0 Å². The maximum Gasteiger partial charge on any atom is 0.377 e. The van der Waals surface area contributed by atoms with Crippen molar-refractivity contribution in [3.8, 4) is 0 Å². The van der Waals surface area contributed by atoms with Crippen LogP contribution in [0, 0.1) is 0 Å². The van der Waals surface area contributed by atoms with Gasteiger partial charge in [-0.05, 0) is 18.9 Å². The molecule has 0 fully saturated rings. The second-order valence-corrected chi connectivity index (χ2v) is 2.41. The quantitative estimate of drug-likeness (QED) is 0.393. The van der Waals surface area contributed by atoms with Gasteiger partial charge in [0.25, 0.3) is 5.78 Å². The standard InChI is InChI=1S/C9H12O3/c1-4-5-6(2)7(3)8(10)9(11)12/h5H,3-4H2,1-2H3,(H,11,12). The Balaban J connectivity index is 4.51. The summed E-state index contributed by atoms with van der Waals surface area (Å²) >= 11 is 0. The summed E-state index contributed by atoms with van der Waals surface area (Å²) in [5.74, 6) is -2.39. The molecule has 0 saturated heterocycles. The number of rotatable bonds is 4. The summed E-state index contributed by atoms with van der Waals surface area (Å²) in [4.78, 5) is 21.0. The molecule has 3 nitrogen and oxygen atoms in total. The van der Waals surface area contributed by atoms with Crippen LogP contribution in [0.1, 0.15) is 20.3 Å². The van der Waals surface area contributed by atoms with Gasteiger partial charge in [-0.15, -0.1) is 0 Å². The zero-order valence-electron chi connectivity index (χ0n) is 7.26. The van der Waals surface area contributed by atoms with Crippen LogP contribution in [-0.2, 0) is 9.59 Å². The Hall–Kier alpha value is -1.38. The van der Waals surface area contributed by atoms with E-state index < -0.39 is 11.8 Å². The molecule has 0 amide bonds. The fourth-order valence-corrected chi connectivity index (χ4v) is 0.738. The summed E-state index contributed by atoms with van der Waals surface area (Å²) in [6.07, 6.45) is 2.53. The van der Waals surface area contributed by atoms with E-state index in [-0.39, 0.29) is 5.57 Å². The van der Waals surface area contributed by atoms with Crippen molar-refractivity contribution >= 4 is 11.8 Å². The number of allylic oxidation sites excluding steroid dienone is 2. The number of carboxylic acids is 1. The third-order valence-electron chi connectivity index (χ3n) is 1.45. The second-order valence-electron chi connectivity index (χ2n) is 2.41. The smallest absolute Gasteiger partial charge is 0.377 e. The molecular formula is C9H12O3. The van der Waals surface area contributed by atoms with Crippen molar-refractivity contribution in [3.05, 3.63) is 23.8 Å². The van der Waals surface area contributed by atoms with E-state index in [2.05, 4.69) is 6.58 Å². The first kappa shape index (κ1) is 10.6. The Kier molecular flexibility index (Phi) is 3.97. The first-order valence-electron chi connectivity index (χ1n) is 3.64. The van der Waals surface area contributed by atoms with E-state index >= 15 is 0 Å². The molecule has 0 bridgehead atoms. The first-order valence-corrected chi connectivity index (χ1v) is 3.64. The lowest BCUT2D eigenvalue weighted by atomic mass is 10.0. The van der Waals surface area contributed by atoms with Gasteiger partial charge in [0.2, 0.25) is 0 Å². The van der Waals surface area contributed by atoms with E-state index in [1.54, 1.807) is 13.0 Å². The van der Waals surface area contributed by atoms with E-state index in [1.807, 2.05) is 6.92 Å². The molecule has 0 spiro atoms. The van der Waals surface area contributed by atoms with Gasteiger partial charge in [-0.25, -0.2) is 4.79 Å². The highest BCUT2D eigenvalue weighted by Crippen LogP contribution is 2.08. The maximum absolute atomic E-state index is 10.8. The summed E-state index contributed by atoms with van der Waals surface area (Å²) < 4.78 is 0. The number of hydrogen-bond donors (Lipinski definition) is 1. The predicted octanol–water partition coefficient (Wildman–Crippen LogP) is 1.55. The van der Waals surface area contributed by atoms with E-state index in [4.69, 9.17) is 5.11 Å². The van der Waals surface area contributed by atoms with Crippen molar-refractivity contribution in [3.63, 3.8) is 0 Å². The van der Waals surface area contributed by atoms with Gasteiger partial charge < -0.3 is 5.11 Å². The fraction of sp³-hybridized carbons (Fsp3) is 0.333. The number of carboxylic acid groups (broad SMARTS) is 1. The Morgan fingerprint density at radius 1 is 1.50 bits per heavy atom. The number of Topliss-reactive ketones (excluding diaryl/α,β-unsaturated/α-hetero) is 1. The van der Waals surface area contributed by atoms with Crippen LogP contribution >= 0.6 is 0 Å². The largest absolute Gasteiger partial charge is 0.475 e. The van der Waals surface area contributed by atoms with Crippen molar-refractivity contribution in [2.75, 3.05) is 0 Å². The molecule has 0 rings (SSSR count). The molecule has 0 aliphatic rings. The van der Waals surface area contributed by atoms with Crippen LogP contribution in [-0.4, -0.2) is 16.9 Å². The molecule has 0 aliphatic heterocycles. The van der Waals surface area contributed by atoms with Gasteiger partial charge in [0.05, 0.1) is 0 Å². The molecule has 0 atom stereocenters. The Morgan fingerprint density at radius 2 is 2.00 bits per heavy atom. The predicted molar refractivity (Wildman–Crippen MR) is 45.8 cm³/mol. The van der Waals surface area contributed by atoms with Gasteiger partial charge in [0.15, 0.2) is 0 Å². The molecule has 66 valence electrons. The zero-order valence-corrected chi connectivity index (χ0v) is 7.26. The van der Waals surface area contributed by atoms with Crippen molar-refractivity contribution < 1.29 is 14.7 Å². The summed E-state index contributed by atoms with van der Waals surface area (Å²) in [5.41, 5.74) is 0.689. The number of carbonyl (C=O) groups excluding carboxylic acids is 1.